The van der Waals surface area contributed by atoms with E-state index in [1.807, 2.05) is 6.07 Å². The Morgan fingerprint density at radius 2 is 2.08 bits per heavy atom. The molecule has 0 aliphatic carbocycles. The Bertz CT molecular complexity index is 799. The second kappa shape index (κ2) is 6.72. The van der Waals surface area contributed by atoms with E-state index in [1.54, 1.807) is 6.07 Å². The van der Waals surface area contributed by atoms with Crippen molar-refractivity contribution in [1.82, 2.24) is 15.5 Å². The molecule has 1 aromatic carbocycles. The SMILES string of the molecule is O=C(N[C@@H]1CCNC1=O)c1ccc(CN2CCc3ccccc3C2)o1. The predicted molar refractivity (Wildman–Crippen MR) is 91.8 cm³/mol. The zero-order chi connectivity index (χ0) is 17.2. The number of nitrogens with one attached hydrogen (secondary N) is 2. The van der Waals surface area contributed by atoms with Crippen LogP contribution in [0.1, 0.15) is 33.9 Å². The van der Waals surface area contributed by atoms with Crippen LogP contribution in [0, 0.1) is 0 Å². The van der Waals surface area contributed by atoms with E-state index in [1.165, 1.54) is 11.1 Å². The molecule has 0 radical (unpaired) electrons. The van der Waals surface area contributed by atoms with Crippen molar-refractivity contribution in [1.29, 1.82) is 0 Å². The Balaban J connectivity index is 1.37. The average Bonchev–Trinajstić information content (AvgIpc) is 3.24. The maximum Gasteiger partial charge on any atom is 0.287 e. The number of furan rings is 1. The molecule has 0 unspecified atom stereocenters. The van der Waals surface area contributed by atoms with E-state index in [0.29, 0.717) is 19.5 Å². The topological polar surface area (TPSA) is 74.6 Å². The van der Waals surface area contributed by atoms with Crippen LogP contribution >= 0.6 is 0 Å². The summed E-state index contributed by atoms with van der Waals surface area (Å²) >= 11 is 0. The van der Waals surface area contributed by atoms with Crippen LogP contribution in [0.15, 0.2) is 40.8 Å². The van der Waals surface area contributed by atoms with E-state index in [4.69, 9.17) is 4.42 Å². The van der Waals surface area contributed by atoms with Crippen LogP contribution < -0.4 is 10.6 Å². The highest BCUT2D eigenvalue weighted by Crippen LogP contribution is 2.21. The molecule has 1 atom stereocenters. The number of hydrogen-bond donors (Lipinski definition) is 2. The molecule has 1 aromatic heterocycles. The lowest BCUT2D eigenvalue weighted by atomic mass is 10.00. The summed E-state index contributed by atoms with van der Waals surface area (Å²) in [5.74, 6) is 0.553. The van der Waals surface area contributed by atoms with Gasteiger partial charge in [0, 0.05) is 19.6 Å². The monoisotopic (exact) mass is 339 g/mol. The molecule has 4 rings (SSSR count). The number of rotatable bonds is 4. The van der Waals surface area contributed by atoms with Crippen molar-refractivity contribution in [2.45, 2.75) is 32.0 Å². The highest BCUT2D eigenvalue weighted by Gasteiger charge is 2.27. The average molecular weight is 339 g/mol. The number of amides is 2. The van der Waals surface area contributed by atoms with Gasteiger partial charge in [-0.25, -0.2) is 0 Å². The van der Waals surface area contributed by atoms with Crippen LogP contribution in [0.2, 0.25) is 0 Å². The van der Waals surface area contributed by atoms with Gasteiger partial charge in [0.2, 0.25) is 5.91 Å². The van der Waals surface area contributed by atoms with Gasteiger partial charge in [0.25, 0.3) is 5.91 Å². The van der Waals surface area contributed by atoms with Gasteiger partial charge in [-0.15, -0.1) is 0 Å². The van der Waals surface area contributed by atoms with Gasteiger partial charge >= 0.3 is 0 Å². The number of fused-ring (bicyclic) bond motifs is 1. The molecule has 6 heteroatoms. The molecule has 0 saturated carbocycles. The zero-order valence-electron chi connectivity index (χ0n) is 14.0. The summed E-state index contributed by atoms with van der Waals surface area (Å²) < 4.78 is 5.70. The lowest BCUT2D eigenvalue weighted by molar-refractivity contribution is -0.120. The van der Waals surface area contributed by atoms with Crippen molar-refractivity contribution >= 4 is 11.8 Å². The highest BCUT2D eigenvalue weighted by molar-refractivity contribution is 5.96. The minimum atomic E-state index is -0.459. The van der Waals surface area contributed by atoms with Crippen molar-refractivity contribution in [2.24, 2.45) is 0 Å². The minimum Gasteiger partial charge on any atom is -0.455 e. The smallest absolute Gasteiger partial charge is 0.287 e. The molecule has 1 fully saturated rings. The summed E-state index contributed by atoms with van der Waals surface area (Å²) in [5, 5.41) is 5.42. The molecule has 1 saturated heterocycles. The second-order valence-corrected chi connectivity index (χ2v) is 6.60. The van der Waals surface area contributed by atoms with Crippen LogP contribution in [0.25, 0.3) is 0 Å². The van der Waals surface area contributed by atoms with Gasteiger partial charge < -0.3 is 15.1 Å². The number of hydrogen-bond acceptors (Lipinski definition) is 4. The molecule has 0 bridgehead atoms. The minimum absolute atomic E-state index is 0.132. The summed E-state index contributed by atoms with van der Waals surface area (Å²) in [6.07, 6.45) is 1.65. The Kier molecular flexibility index (Phi) is 4.28. The first kappa shape index (κ1) is 15.9. The van der Waals surface area contributed by atoms with Gasteiger partial charge in [0.1, 0.15) is 11.8 Å². The Labute approximate surface area is 146 Å². The first-order chi connectivity index (χ1) is 12.2. The Hall–Kier alpha value is -2.60. The van der Waals surface area contributed by atoms with Gasteiger partial charge in [0.05, 0.1) is 6.54 Å². The molecule has 25 heavy (non-hydrogen) atoms. The zero-order valence-corrected chi connectivity index (χ0v) is 14.0. The molecular formula is C19H21N3O3. The van der Waals surface area contributed by atoms with Crippen LogP contribution in [0.4, 0.5) is 0 Å². The molecule has 0 spiro atoms. The Morgan fingerprint density at radius 1 is 1.24 bits per heavy atom. The van der Waals surface area contributed by atoms with Gasteiger partial charge in [-0.05, 0) is 36.1 Å². The van der Waals surface area contributed by atoms with Crippen LogP contribution in [0.5, 0.6) is 0 Å². The largest absolute Gasteiger partial charge is 0.455 e. The molecular weight excluding hydrogens is 318 g/mol. The first-order valence-corrected chi connectivity index (χ1v) is 8.65. The molecule has 3 heterocycles. The highest BCUT2D eigenvalue weighted by atomic mass is 16.4. The number of benzene rings is 1. The molecule has 130 valence electrons. The van der Waals surface area contributed by atoms with E-state index in [9.17, 15) is 9.59 Å². The predicted octanol–water partition coefficient (Wildman–Crippen LogP) is 1.46. The summed E-state index contributed by atoms with van der Waals surface area (Å²) in [5.41, 5.74) is 2.76. The second-order valence-electron chi connectivity index (χ2n) is 6.60. The van der Waals surface area contributed by atoms with Crippen molar-refractivity contribution in [3.8, 4) is 0 Å². The summed E-state index contributed by atoms with van der Waals surface area (Å²) in [4.78, 5) is 26.1. The van der Waals surface area contributed by atoms with E-state index < -0.39 is 6.04 Å². The van der Waals surface area contributed by atoms with E-state index >= 15 is 0 Å². The lowest BCUT2D eigenvalue weighted by Gasteiger charge is -2.27. The van der Waals surface area contributed by atoms with Crippen LogP contribution in [-0.4, -0.2) is 35.8 Å². The fraction of sp³-hybridized carbons (Fsp3) is 0.368. The number of carbonyl (C=O) groups excluding carboxylic acids is 2. The first-order valence-electron chi connectivity index (χ1n) is 8.65. The number of nitrogens with zero attached hydrogens (tertiary/aromatic N) is 1. The Morgan fingerprint density at radius 3 is 2.88 bits per heavy atom. The number of carbonyl (C=O) groups is 2. The standard InChI is InChI=1S/C19H21N3O3/c23-18-16(7-9-20-18)21-19(24)17-6-5-15(25-17)12-22-10-8-13-3-1-2-4-14(13)11-22/h1-6,16H,7-12H2,(H,20,23)(H,21,24)/t16-/m1/s1. The van der Waals surface area contributed by atoms with Gasteiger partial charge in [0.15, 0.2) is 5.76 Å². The van der Waals surface area contributed by atoms with Crippen LogP contribution in [0.3, 0.4) is 0 Å². The molecule has 2 aliphatic rings. The lowest BCUT2D eigenvalue weighted by Crippen LogP contribution is -2.39. The van der Waals surface area contributed by atoms with Crippen molar-refractivity contribution in [3.63, 3.8) is 0 Å². The third-order valence-electron chi connectivity index (χ3n) is 4.83. The van der Waals surface area contributed by atoms with E-state index in [2.05, 4.69) is 39.8 Å². The third-order valence-corrected chi connectivity index (χ3v) is 4.83. The summed E-state index contributed by atoms with van der Waals surface area (Å²) in [6.45, 7) is 3.14. The van der Waals surface area contributed by atoms with Gasteiger partial charge in [-0.1, -0.05) is 24.3 Å². The van der Waals surface area contributed by atoms with E-state index in [0.717, 1.165) is 25.3 Å². The quantitative estimate of drug-likeness (QED) is 0.884. The van der Waals surface area contributed by atoms with Crippen molar-refractivity contribution in [2.75, 3.05) is 13.1 Å². The maximum absolute atomic E-state index is 12.2. The van der Waals surface area contributed by atoms with Crippen LogP contribution in [-0.2, 0) is 24.3 Å². The molecule has 2 aromatic rings. The van der Waals surface area contributed by atoms with Crippen molar-refractivity contribution < 1.29 is 14.0 Å². The molecule has 2 aliphatic heterocycles. The van der Waals surface area contributed by atoms with E-state index in [-0.39, 0.29) is 17.6 Å². The fourth-order valence-corrected chi connectivity index (χ4v) is 3.46. The fourth-order valence-electron chi connectivity index (χ4n) is 3.46. The summed E-state index contributed by atoms with van der Waals surface area (Å²) in [6, 6.07) is 11.5. The van der Waals surface area contributed by atoms with Gasteiger partial charge in [-0.2, -0.15) is 0 Å². The molecule has 6 nitrogen and oxygen atoms in total. The maximum atomic E-state index is 12.2. The third kappa shape index (κ3) is 3.44. The van der Waals surface area contributed by atoms with Gasteiger partial charge in [-0.3, -0.25) is 14.5 Å². The van der Waals surface area contributed by atoms with Crippen molar-refractivity contribution in [3.05, 3.63) is 59.0 Å². The molecule has 2 N–H and O–H groups in total. The molecule has 2 amide bonds. The summed E-state index contributed by atoms with van der Waals surface area (Å²) in [7, 11) is 0. The normalized spacial score (nSPS) is 20.2.